The van der Waals surface area contributed by atoms with Gasteiger partial charge in [-0.3, -0.25) is 9.03 Å². The fourth-order valence-corrected chi connectivity index (χ4v) is 5.37. The van der Waals surface area contributed by atoms with Crippen molar-refractivity contribution < 1.29 is 8.42 Å². The zero-order valence-electron chi connectivity index (χ0n) is 13.6. The number of anilines is 1. The summed E-state index contributed by atoms with van der Waals surface area (Å²) in [6, 6.07) is 5.77. The Morgan fingerprint density at radius 1 is 1.32 bits per heavy atom. The predicted molar refractivity (Wildman–Crippen MR) is 104 cm³/mol. The molecule has 134 valence electrons. The first kappa shape index (κ1) is 18.2. The van der Waals surface area contributed by atoms with Crippen LogP contribution >= 0.6 is 24.5 Å². The van der Waals surface area contributed by atoms with E-state index in [1.807, 2.05) is 41.7 Å². The van der Waals surface area contributed by atoms with E-state index in [1.165, 1.54) is 12.1 Å². The van der Waals surface area contributed by atoms with E-state index in [1.54, 1.807) is 6.20 Å². The Morgan fingerprint density at radius 3 is 3.00 bits per heavy atom. The van der Waals surface area contributed by atoms with Gasteiger partial charge in [-0.05, 0) is 48.7 Å². The molecule has 0 aliphatic carbocycles. The second kappa shape index (κ2) is 6.95. The number of hydrogen-bond acceptors (Lipinski definition) is 6. The second-order valence-corrected chi connectivity index (χ2v) is 8.30. The maximum Gasteiger partial charge on any atom is 0.264 e. The lowest BCUT2D eigenvalue weighted by atomic mass is 9.99. The molecule has 6 nitrogen and oxygen atoms in total. The average molecular weight is 399 g/mol. The van der Waals surface area contributed by atoms with Gasteiger partial charge in [0.15, 0.2) is 0 Å². The zero-order valence-corrected chi connectivity index (χ0v) is 16.0. The molecule has 3 aliphatic heterocycles. The smallest absolute Gasteiger partial charge is 0.264 e. The molecule has 1 aromatic rings. The van der Waals surface area contributed by atoms with Crippen molar-refractivity contribution in [1.82, 2.24) is 14.3 Å². The lowest BCUT2D eigenvalue weighted by Crippen LogP contribution is -2.27. The van der Waals surface area contributed by atoms with Gasteiger partial charge < -0.3 is 10.0 Å². The molecule has 3 heterocycles. The third-order valence-corrected chi connectivity index (χ3v) is 6.58. The van der Waals surface area contributed by atoms with Gasteiger partial charge in [0.25, 0.3) is 10.0 Å². The van der Waals surface area contributed by atoms with Crippen molar-refractivity contribution in [3.8, 4) is 0 Å². The van der Waals surface area contributed by atoms with Gasteiger partial charge in [0, 0.05) is 18.9 Å². The van der Waals surface area contributed by atoms with Crippen LogP contribution in [0.15, 0.2) is 52.9 Å². The summed E-state index contributed by atoms with van der Waals surface area (Å²) < 4.78 is 33.8. The molecule has 3 aliphatic rings. The Bertz CT molecular complexity index is 893. The lowest BCUT2D eigenvalue weighted by Gasteiger charge is -2.25. The van der Waals surface area contributed by atoms with Crippen molar-refractivity contribution in [2.24, 2.45) is 0 Å². The molecule has 1 aromatic carbocycles. The van der Waals surface area contributed by atoms with Gasteiger partial charge in [0.05, 0.1) is 23.5 Å². The first-order valence-corrected chi connectivity index (χ1v) is 9.97. The fourth-order valence-electron chi connectivity index (χ4n) is 3.16. The minimum Gasteiger partial charge on any atom is -0.316 e. The molecule has 0 unspecified atom stereocenters. The molecule has 0 fully saturated rings. The molecule has 0 atom stereocenters. The number of benzene rings is 1. The van der Waals surface area contributed by atoms with Crippen LogP contribution in [0.4, 0.5) is 5.69 Å². The summed E-state index contributed by atoms with van der Waals surface area (Å²) in [4.78, 5) is 0.314. The molecule has 0 aromatic heterocycles. The van der Waals surface area contributed by atoms with Crippen molar-refractivity contribution >= 4 is 40.3 Å². The number of allylic oxidation sites excluding steroid dienone is 2. The molecule has 0 bridgehead atoms. The molecule has 3 N–H and O–H groups in total. The molecular weight excluding hydrogens is 380 g/mol. The summed E-state index contributed by atoms with van der Waals surface area (Å²) >= 11 is 1.35. The molecular formula is C16H19ClN4O2S2. The van der Waals surface area contributed by atoms with E-state index in [-0.39, 0.29) is 12.4 Å². The summed E-state index contributed by atoms with van der Waals surface area (Å²) in [5.41, 5.74) is 4.28. The van der Waals surface area contributed by atoms with Gasteiger partial charge in [-0.1, -0.05) is 12.1 Å². The van der Waals surface area contributed by atoms with E-state index in [0.717, 1.165) is 36.2 Å². The van der Waals surface area contributed by atoms with Crippen molar-refractivity contribution in [2.45, 2.75) is 19.9 Å². The van der Waals surface area contributed by atoms with E-state index in [2.05, 4.69) is 14.8 Å². The maximum absolute atomic E-state index is 13.1. The van der Waals surface area contributed by atoms with E-state index in [0.29, 0.717) is 16.3 Å². The SMILES string of the molecule is CC1=C(S(=O)(=O)Nc2cccc3c2CCNC3)C2=CNSN2C=C1.Cl. The van der Waals surface area contributed by atoms with Crippen LogP contribution in [0, 0.1) is 0 Å². The second-order valence-electron chi connectivity index (χ2n) is 5.87. The topological polar surface area (TPSA) is 73.5 Å². The molecule has 0 radical (unpaired) electrons. The van der Waals surface area contributed by atoms with Crippen molar-refractivity contribution in [1.29, 1.82) is 0 Å². The van der Waals surface area contributed by atoms with E-state index in [4.69, 9.17) is 0 Å². The molecule has 0 amide bonds. The van der Waals surface area contributed by atoms with Gasteiger partial charge in [-0.25, -0.2) is 8.42 Å². The zero-order chi connectivity index (χ0) is 16.7. The van der Waals surface area contributed by atoms with Crippen molar-refractivity contribution in [2.75, 3.05) is 11.3 Å². The third kappa shape index (κ3) is 3.27. The monoisotopic (exact) mass is 398 g/mol. The highest BCUT2D eigenvalue weighted by molar-refractivity contribution is 7.97. The van der Waals surface area contributed by atoms with Crippen LogP contribution in [-0.4, -0.2) is 19.3 Å². The van der Waals surface area contributed by atoms with Crippen LogP contribution in [0.3, 0.4) is 0 Å². The van der Waals surface area contributed by atoms with Gasteiger partial charge in [-0.15, -0.1) is 12.4 Å². The van der Waals surface area contributed by atoms with E-state index in [9.17, 15) is 8.42 Å². The first-order chi connectivity index (χ1) is 11.6. The Balaban J connectivity index is 0.00000182. The number of hydrogen-bond donors (Lipinski definition) is 3. The van der Waals surface area contributed by atoms with Crippen molar-refractivity contribution in [3.05, 3.63) is 64.0 Å². The minimum atomic E-state index is -3.68. The maximum atomic E-state index is 13.1. The molecule has 0 spiro atoms. The van der Waals surface area contributed by atoms with Crippen LogP contribution in [-0.2, 0) is 23.0 Å². The Morgan fingerprint density at radius 2 is 2.16 bits per heavy atom. The fraction of sp³-hybridized carbons (Fsp3) is 0.250. The van der Waals surface area contributed by atoms with Gasteiger partial charge in [0.1, 0.15) is 4.91 Å². The van der Waals surface area contributed by atoms with Gasteiger partial charge >= 0.3 is 0 Å². The number of sulfonamides is 1. The first-order valence-electron chi connectivity index (χ1n) is 7.72. The van der Waals surface area contributed by atoms with Crippen LogP contribution in [0.25, 0.3) is 0 Å². The predicted octanol–water partition coefficient (Wildman–Crippen LogP) is 2.61. The molecule has 4 rings (SSSR count). The largest absolute Gasteiger partial charge is 0.316 e. The standard InChI is InChI=1S/C16H18N4O2S2.ClH/c1-11-6-8-20-15(10-18-23-20)16(11)24(21,22)19-14-4-2-3-12-9-17-7-5-13(12)14;/h2-4,6,8,10,17-19H,5,7,9H2,1H3;1H. The Kier molecular flexibility index (Phi) is 5.06. The number of fused-ring (bicyclic) bond motifs is 2. The number of rotatable bonds is 3. The molecule has 0 saturated heterocycles. The summed E-state index contributed by atoms with van der Waals surface area (Å²) in [7, 11) is -3.68. The van der Waals surface area contributed by atoms with Crippen molar-refractivity contribution in [3.63, 3.8) is 0 Å². The van der Waals surface area contributed by atoms with Gasteiger partial charge in [-0.2, -0.15) is 0 Å². The molecule has 9 heteroatoms. The van der Waals surface area contributed by atoms with Crippen LogP contribution in [0.1, 0.15) is 18.1 Å². The number of nitrogens with zero attached hydrogens (tertiary/aromatic N) is 1. The van der Waals surface area contributed by atoms with Crippen LogP contribution < -0.4 is 14.8 Å². The average Bonchev–Trinajstić information content (AvgIpc) is 3.02. The highest BCUT2D eigenvalue weighted by Crippen LogP contribution is 2.37. The highest BCUT2D eigenvalue weighted by atomic mass is 35.5. The van der Waals surface area contributed by atoms with Crippen LogP contribution in [0.5, 0.6) is 0 Å². The normalized spacial score (nSPS) is 18.8. The minimum absolute atomic E-state index is 0. The quantitative estimate of drug-likeness (QED) is 0.680. The van der Waals surface area contributed by atoms with Crippen LogP contribution in [0.2, 0.25) is 0 Å². The summed E-state index contributed by atoms with van der Waals surface area (Å²) in [6.07, 6.45) is 6.21. The number of halogens is 1. The Hall–Kier alpha value is -1.61. The summed E-state index contributed by atoms with van der Waals surface area (Å²) in [5, 5.41) is 3.31. The van der Waals surface area contributed by atoms with E-state index < -0.39 is 10.0 Å². The van der Waals surface area contributed by atoms with Gasteiger partial charge in [0.2, 0.25) is 0 Å². The summed E-state index contributed by atoms with van der Waals surface area (Å²) in [5.74, 6) is 0. The molecule has 0 saturated carbocycles. The summed E-state index contributed by atoms with van der Waals surface area (Å²) in [6.45, 7) is 3.45. The molecule has 25 heavy (non-hydrogen) atoms. The number of nitrogens with one attached hydrogen (secondary N) is 3. The Labute approximate surface area is 158 Å². The lowest BCUT2D eigenvalue weighted by molar-refractivity contribution is 0.604. The third-order valence-electron chi connectivity index (χ3n) is 4.29. The van der Waals surface area contributed by atoms with E-state index >= 15 is 0 Å². The highest BCUT2D eigenvalue weighted by Gasteiger charge is 2.32.